The van der Waals surface area contributed by atoms with E-state index in [0.29, 0.717) is 6.61 Å². The second kappa shape index (κ2) is 6.99. The van der Waals surface area contributed by atoms with Gasteiger partial charge in [-0.25, -0.2) is 4.79 Å². The minimum Gasteiger partial charge on any atom is -0.463 e. The van der Waals surface area contributed by atoms with Gasteiger partial charge in [0.25, 0.3) is 0 Å². The number of ether oxygens (including phenoxy) is 1. The lowest BCUT2D eigenvalue weighted by Gasteiger charge is -2.13. The Morgan fingerprint density at radius 1 is 1.24 bits per heavy atom. The van der Waals surface area contributed by atoms with Gasteiger partial charge in [0.2, 0.25) is 0 Å². The third-order valence-electron chi connectivity index (χ3n) is 3.47. The van der Waals surface area contributed by atoms with Crippen molar-refractivity contribution in [3.05, 3.63) is 41.0 Å². The van der Waals surface area contributed by atoms with Crippen molar-refractivity contribution in [1.82, 2.24) is 0 Å². The largest absolute Gasteiger partial charge is 0.463 e. The van der Waals surface area contributed by atoms with Gasteiger partial charge in [0.05, 0.1) is 12.3 Å². The van der Waals surface area contributed by atoms with Gasteiger partial charge in [0, 0.05) is 30.8 Å². The molecule has 0 atom stereocenters. The molecule has 0 saturated carbocycles. The summed E-state index contributed by atoms with van der Waals surface area (Å²) in [6, 6.07) is 8.02. The van der Waals surface area contributed by atoms with Gasteiger partial charge in [-0.1, -0.05) is 24.0 Å². The monoisotopic (exact) mass is 283 g/mol. The maximum Gasteiger partial charge on any atom is 0.334 e. The standard InChI is InChI=1S/C18H21NO2/c1-4-21-18(20)16-10-7-9-14(16)12-13-15-8-5-6-11-17(15)19(2)3/h5-6,8,11H,4,7,9-10H2,1-3H3. The molecule has 0 bridgehead atoms. The molecule has 0 fully saturated rings. The van der Waals surface area contributed by atoms with Crippen molar-refractivity contribution in [2.24, 2.45) is 0 Å². The molecule has 1 aliphatic rings. The molecule has 0 amide bonds. The number of benzene rings is 1. The molecule has 3 nitrogen and oxygen atoms in total. The number of esters is 1. The van der Waals surface area contributed by atoms with Crippen LogP contribution in [0.15, 0.2) is 35.4 Å². The number of carbonyl (C=O) groups is 1. The average Bonchev–Trinajstić information content (AvgIpc) is 2.94. The van der Waals surface area contributed by atoms with Crippen LogP contribution in [0.1, 0.15) is 31.7 Å². The third-order valence-corrected chi connectivity index (χ3v) is 3.47. The van der Waals surface area contributed by atoms with Crippen molar-refractivity contribution in [2.75, 3.05) is 25.6 Å². The molecule has 110 valence electrons. The van der Waals surface area contributed by atoms with Crippen LogP contribution < -0.4 is 4.90 Å². The molecular formula is C18H21NO2. The summed E-state index contributed by atoms with van der Waals surface area (Å²) >= 11 is 0. The van der Waals surface area contributed by atoms with Gasteiger partial charge in [-0.2, -0.15) is 0 Å². The van der Waals surface area contributed by atoms with Gasteiger partial charge in [0.1, 0.15) is 0 Å². The van der Waals surface area contributed by atoms with Crippen LogP contribution in [0.2, 0.25) is 0 Å². The van der Waals surface area contributed by atoms with Crippen LogP contribution in [0.5, 0.6) is 0 Å². The maximum absolute atomic E-state index is 11.9. The Labute approximate surface area is 126 Å². The van der Waals surface area contributed by atoms with E-state index in [9.17, 15) is 4.79 Å². The molecule has 0 unspecified atom stereocenters. The van der Waals surface area contributed by atoms with E-state index in [2.05, 4.69) is 11.8 Å². The van der Waals surface area contributed by atoms with Crippen molar-refractivity contribution in [3.8, 4) is 11.8 Å². The number of allylic oxidation sites excluding steroid dienone is 1. The molecule has 0 spiro atoms. The lowest BCUT2D eigenvalue weighted by molar-refractivity contribution is -0.138. The predicted octanol–water partition coefficient (Wildman–Crippen LogP) is 3.15. The summed E-state index contributed by atoms with van der Waals surface area (Å²) in [5.41, 5.74) is 3.75. The van der Waals surface area contributed by atoms with Crippen LogP contribution in [-0.4, -0.2) is 26.7 Å². The number of anilines is 1. The van der Waals surface area contributed by atoms with E-state index in [1.54, 1.807) is 0 Å². The molecule has 0 radical (unpaired) electrons. The highest BCUT2D eigenvalue weighted by Crippen LogP contribution is 2.27. The van der Waals surface area contributed by atoms with Crippen LogP contribution in [0.3, 0.4) is 0 Å². The van der Waals surface area contributed by atoms with Gasteiger partial charge in [-0.05, 0) is 38.3 Å². The van der Waals surface area contributed by atoms with E-state index in [1.807, 2.05) is 50.2 Å². The Balaban J connectivity index is 2.30. The molecule has 0 saturated heterocycles. The summed E-state index contributed by atoms with van der Waals surface area (Å²) in [5, 5.41) is 0. The number of carbonyl (C=O) groups excluding carboxylic acids is 1. The topological polar surface area (TPSA) is 29.5 Å². The van der Waals surface area contributed by atoms with Crippen molar-refractivity contribution in [1.29, 1.82) is 0 Å². The number of para-hydroxylation sites is 1. The second-order valence-electron chi connectivity index (χ2n) is 5.19. The normalized spacial score (nSPS) is 13.7. The molecule has 3 heteroatoms. The highest BCUT2D eigenvalue weighted by atomic mass is 16.5. The summed E-state index contributed by atoms with van der Waals surface area (Å²) in [5.74, 6) is 6.18. The molecule has 21 heavy (non-hydrogen) atoms. The van der Waals surface area contributed by atoms with Gasteiger partial charge in [-0.15, -0.1) is 0 Å². The Morgan fingerprint density at radius 3 is 2.71 bits per heavy atom. The first-order chi connectivity index (χ1) is 10.1. The number of nitrogens with zero attached hydrogens (tertiary/aromatic N) is 1. The Kier molecular flexibility index (Phi) is 5.05. The molecule has 1 aliphatic carbocycles. The van der Waals surface area contributed by atoms with Gasteiger partial charge >= 0.3 is 5.97 Å². The van der Waals surface area contributed by atoms with E-state index in [4.69, 9.17) is 4.74 Å². The van der Waals surface area contributed by atoms with E-state index < -0.39 is 0 Å². The minimum atomic E-state index is -0.208. The third kappa shape index (κ3) is 3.66. The summed E-state index contributed by atoms with van der Waals surface area (Å²) in [4.78, 5) is 13.9. The van der Waals surface area contributed by atoms with Crippen molar-refractivity contribution < 1.29 is 9.53 Å². The number of rotatable bonds is 3. The van der Waals surface area contributed by atoms with Gasteiger partial charge in [0.15, 0.2) is 0 Å². The minimum absolute atomic E-state index is 0.208. The zero-order valence-electron chi connectivity index (χ0n) is 12.9. The summed E-state index contributed by atoms with van der Waals surface area (Å²) in [6.07, 6.45) is 2.62. The molecule has 0 aliphatic heterocycles. The molecular weight excluding hydrogens is 262 g/mol. The Morgan fingerprint density at radius 2 is 2.00 bits per heavy atom. The second-order valence-corrected chi connectivity index (χ2v) is 5.19. The molecule has 1 aromatic carbocycles. The van der Waals surface area contributed by atoms with Crippen molar-refractivity contribution >= 4 is 11.7 Å². The fourth-order valence-electron chi connectivity index (χ4n) is 2.44. The zero-order chi connectivity index (χ0) is 15.2. The van der Waals surface area contributed by atoms with Crippen molar-refractivity contribution in [3.63, 3.8) is 0 Å². The van der Waals surface area contributed by atoms with Crippen LogP contribution in [0, 0.1) is 11.8 Å². The smallest absolute Gasteiger partial charge is 0.334 e. The van der Waals surface area contributed by atoms with E-state index in [0.717, 1.165) is 41.7 Å². The zero-order valence-corrected chi connectivity index (χ0v) is 12.9. The lowest BCUT2D eigenvalue weighted by Crippen LogP contribution is -2.10. The fraction of sp³-hybridized carbons (Fsp3) is 0.389. The van der Waals surface area contributed by atoms with Crippen LogP contribution in [-0.2, 0) is 9.53 Å². The van der Waals surface area contributed by atoms with Crippen LogP contribution in [0.25, 0.3) is 0 Å². The molecule has 1 aromatic rings. The maximum atomic E-state index is 11.9. The summed E-state index contributed by atoms with van der Waals surface area (Å²) in [6.45, 7) is 2.23. The molecule has 0 heterocycles. The van der Waals surface area contributed by atoms with Gasteiger partial charge in [-0.3, -0.25) is 0 Å². The average molecular weight is 283 g/mol. The first-order valence-corrected chi connectivity index (χ1v) is 7.31. The highest BCUT2D eigenvalue weighted by Gasteiger charge is 2.20. The predicted molar refractivity (Wildman–Crippen MR) is 85.2 cm³/mol. The van der Waals surface area contributed by atoms with Gasteiger partial charge < -0.3 is 9.64 Å². The molecule has 0 N–H and O–H groups in total. The SMILES string of the molecule is CCOC(=O)C1=C(C#Cc2ccccc2N(C)C)CCC1. The number of hydrogen-bond donors (Lipinski definition) is 0. The van der Waals surface area contributed by atoms with E-state index >= 15 is 0 Å². The van der Waals surface area contributed by atoms with E-state index in [-0.39, 0.29) is 5.97 Å². The van der Waals surface area contributed by atoms with E-state index in [1.165, 1.54) is 0 Å². The lowest BCUT2D eigenvalue weighted by atomic mass is 10.1. The van der Waals surface area contributed by atoms with Crippen molar-refractivity contribution in [2.45, 2.75) is 26.2 Å². The first kappa shape index (κ1) is 15.2. The fourth-order valence-corrected chi connectivity index (χ4v) is 2.44. The quantitative estimate of drug-likeness (QED) is 0.630. The highest BCUT2D eigenvalue weighted by molar-refractivity contribution is 5.91. The Bertz CT molecular complexity index is 618. The van der Waals surface area contributed by atoms with Crippen LogP contribution >= 0.6 is 0 Å². The first-order valence-electron chi connectivity index (χ1n) is 7.31. The number of hydrogen-bond acceptors (Lipinski definition) is 3. The molecule has 2 rings (SSSR count). The Hall–Kier alpha value is -2.21. The van der Waals surface area contributed by atoms with Crippen LogP contribution in [0.4, 0.5) is 5.69 Å². The molecule has 0 aromatic heterocycles. The summed E-state index contributed by atoms with van der Waals surface area (Å²) in [7, 11) is 4.00. The summed E-state index contributed by atoms with van der Waals surface area (Å²) < 4.78 is 5.10.